The molecular formula is C24H24ClN3O5. The molecule has 9 heteroatoms. The predicted molar refractivity (Wildman–Crippen MR) is 123 cm³/mol. The number of hydrogen-bond donors (Lipinski definition) is 1. The fourth-order valence-electron chi connectivity index (χ4n) is 3.64. The van der Waals surface area contributed by atoms with E-state index in [0.717, 1.165) is 23.2 Å². The molecule has 8 nitrogen and oxygen atoms in total. The van der Waals surface area contributed by atoms with Gasteiger partial charge in [0.2, 0.25) is 11.7 Å². The second kappa shape index (κ2) is 9.62. The highest BCUT2D eigenvalue weighted by molar-refractivity contribution is 6.32. The lowest BCUT2D eigenvalue weighted by atomic mass is 10.1. The summed E-state index contributed by atoms with van der Waals surface area (Å²) in [6, 6.07) is 10.9. The molecule has 0 fully saturated rings. The average Bonchev–Trinajstić information content (AvgIpc) is 3.45. The number of benzene rings is 2. The third-order valence-electron chi connectivity index (χ3n) is 5.59. The highest BCUT2D eigenvalue weighted by Gasteiger charge is 2.25. The molecule has 0 aliphatic carbocycles. The molecule has 1 N–H and O–H groups in total. The number of aliphatic carboxylic acids is 1. The van der Waals surface area contributed by atoms with E-state index in [1.807, 2.05) is 38.1 Å². The molecule has 1 aliphatic rings. The minimum absolute atomic E-state index is 0.0194. The Kier molecular flexibility index (Phi) is 6.65. The van der Waals surface area contributed by atoms with Crippen molar-refractivity contribution < 1.29 is 24.0 Å². The van der Waals surface area contributed by atoms with Crippen molar-refractivity contribution in [3.8, 4) is 28.6 Å². The van der Waals surface area contributed by atoms with Crippen molar-refractivity contribution in [1.29, 1.82) is 0 Å². The number of anilines is 1. The molecule has 1 atom stereocenters. The minimum Gasteiger partial charge on any atom is -0.489 e. The average molecular weight is 470 g/mol. The van der Waals surface area contributed by atoms with Gasteiger partial charge in [0.05, 0.1) is 17.5 Å². The summed E-state index contributed by atoms with van der Waals surface area (Å²) in [6.45, 7) is 4.55. The number of nitrogens with zero attached hydrogens (tertiary/aromatic N) is 3. The van der Waals surface area contributed by atoms with Crippen LogP contribution >= 0.6 is 11.6 Å². The van der Waals surface area contributed by atoms with Crippen LogP contribution < -0.4 is 9.64 Å². The number of fused-ring (bicyclic) bond motifs is 1. The maximum Gasteiger partial charge on any atom is 0.303 e. The molecule has 33 heavy (non-hydrogen) atoms. The largest absolute Gasteiger partial charge is 0.489 e. The van der Waals surface area contributed by atoms with Gasteiger partial charge in [-0.3, -0.25) is 9.59 Å². The van der Waals surface area contributed by atoms with Gasteiger partial charge < -0.3 is 19.3 Å². The number of carboxylic acid groups (broad SMARTS) is 1. The van der Waals surface area contributed by atoms with E-state index in [9.17, 15) is 9.59 Å². The number of carboxylic acids is 1. The van der Waals surface area contributed by atoms with Crippen LogP contribution in [-0.4, -0.2) is 39.8 Å². The van der Waals surface area contributed by atoms with Gasteiger partial charge in [0.15, 0.2) is 0 Å². The lowest BCUT2D eigenvalue weighted by molar-refractivity contribution is -0.138. The van der Waals surface area contributed by atoms with E-state index in [2.05, 4.69) is 10.1 Å². The normalized spacial score (nSPS) is 13.6. The van der Waals surface area contributed by atoms with Crippen LogP contribution in [0.2, 0.25) is 5.02 Å². The molecule has 3 aromatic rings. The molecular weight excluding hydrogens is 446 g/mol. The molecule has 0 saturated heterocycles. The third-order valence-corrected chi connectivity index (χ3v) is 5.89. The van der Waals surface area contributed by atoms with Crippen LogP contribution in [0.15, 0.2) is 40.9 Å². The van der Waals surface area contributed by atoms with E-state index in [-0.39, 0.29) is 24.9 Å². The Bertz CT molecular complexity index is 1190. The third kappa shape index (κ3) is 5.01. The number of hydrogen-bond acceptors (Lipinski definition) is 6. The molecule has 0 radical (unpaired) electrons. The molecule has 2 heterocycles. The van der Waals surface area contributed by atoms with Crippen molar-refractivity contribution in [2.24, 2.45) is 0 Å². The van der Waals surface area contributed by atoms with Crippen molar-refractivity contribution in [1.82, 2.24) is 10.1 Å². The van der Waals surface area contributed by atoms with Crippen LogP contribution in [0.5, 0.6) is 5.75 Å². The number of ether oxygens (including phenoxy) is 1. The summed E-state index contributed by atoms with van der Waals surface area (Å²) >= 11 is 6.37. The van der Waals surface area contributed by atoms with Gasteiger partial charge in [-0.2, -0.15) is 4.98 Å². The van der Waals surface area contributed by atoms with E-state index < -0.39 is 5.97 Å². The molecule has 2 aromatic carbocycles. The molecule has 0 unspecified atom stereocenters. The van der Waals surface area contributed by atoms with Crippen molar-refractivity contribution in [2.45, 2.75) is 45.6 Å². The van der Waals surface area contributed by atoms with Crippen LogP contribution in [0, 0.1) is 0 Å². The van der Waals surface area contributed by atoms with Crippen LogP contribution in [0.1, 0.15) is 38.7 Å². The van der Waals surface area contributed by atoms with Gasteiger partial charge in [-0.25, -0.2) is 0 Å². The Morgan fingerprint density at radius 2 is 2.00 bits per heavy atom. The summed E-state index contributed by atoms with van der Waals surface area (Å²) < 4.78 is 11.3. The van der Waals surface area contributed by atoms with E-state index in [4.69, 9.17) is 26.0 Å². The summed E-state index contributed by atoms with van der Waals surface area (Å²) in [4.78, 5) is 29.2. The van der Waals surface area contributed by atoms with Crippen LogP contribution in [0.25, 0.3) is 22.8 Å². The first-order chi connectivity index (χ1) is 15.9. The first-order valence-electron chi connectivity index (χ1n) is 10.8. The minimum atomic E-state index is -0.981. The summed E-state index contributed by atoms with van der Waals surface area (Å²) in [6.07, 6.45) is 1.42. The lowest BCUT2D eigenvalue weighted by Gasteiger charge is -2.17. The van der Waals surface area contributed by atoms with Gasteiger partial charge in [0.25, 0.3) is 5.89 Å². The maximum atomic E-state index is 12.4. The van der Waals surface area contributed by atoms with E-state index in [1.165, 1.54) is 0 Å². The second-order valence-electron chi connectivity index (χ2n) is 7.94. The summed E-state index contributed by atoms with van der Waals surface area (Å²) in [5.74, 6) is 0.205. The molecule has 0 saturated carbocycles. The molecule has 0 spiro atoms. The molecule has 1 amide bonds. The van der Waals surface area contributed by atoms with Crippen LogP contribution in [0.4, 0.5) is 5.69 Å². The van der Waals surface area contributed by atoms with Crippen molar-refractivity contribution in [3.05, 3.63) is 47.0 Å². The Morgan fingerprint density at radius 3 is 2.73 bits per heavy atom. The van der Waals surface area contributed by atoms with Gasteiger partial charge >= 0.3 is 5.97 Å². The predicted octanol–water partition coefficient (Wildman–Crippen LogP) is 4.99. The number of carbonyl (C=O) groups excluding carboxylic acids is 1. The molecule has 1 aliphatic heterocycles. The van der Waals surface area contributed by atoms with Gasteiger partial charge in [0.1, 0.15) is 5.75 Å². The Morgan fingerprint density at radius 1 is 1.21 bits per heavy atom. The molecule has 4 rings (SSSR count). The summed E-state index contributed by atoms with van der Waals surface area (Å²) in [5, 5.41) is 13.4. The number of rotatable bonds is 8. The van der Waals surface area contributed by atoms with Crippen molar-refractivity contribution >= 4 is 29.2 Å². The number of halogens is 1. The zero-order valence-corrected chi connectivity index (χ0v) is 19.1. The first kappa shape index (κ1) is 22.8. The number of carbonyl (C=O) groups is 2. The first-order valence-corrected chi connectivity index (χ1v) is 11.2. The van der Waals surface area contributed by atoms with Gasteiger partial charge in [-0.15, -0.1) is 0 Å². The highest BCUT2D eigenvalue weighted by Crippen LogP contribution is 2.34. The Balaban J connectivity index is 1.51. The fraction of sp³-hybridized carbons (Fsp3) is 0.333. The maximum absolute atomic E-state index is 12.4. The standard InChI is InChI=1S/C24H24ClN3O5/c1-3-14(2)32-20-7-5-17(13-18(20)25)24-26-23(27-33-24)16-4-6-19-15(12-16)10-11-28(19)21(29)8-9-22(30)31/h4-7,12-14H,3,8-11H2,1-2H3,(H,30,31)/t14-/m0/s1. The van der Waals surface area contributed by atoms with Gasteiger partial charge in [-0.05, 0) is 61.7 Å². The SMILES string of the molecule is CC[C@H](C)Oc1ccc(-c2nc(-c3ccc4c(c3)CCN4C(=O)CCC(=O)O)no2)cc1Cl. The monoisotopic (exact) mass is 469 g/mol. The zero-order valence-electron chi connectivity index (χ0n) is 18.4. The number of aromatic nitrogens is 2. The van der Waals surface area contributed by atoms with Gasteiger partial charge in [-0.1, -0.05) is 23.7 Å². The van der Waals surface area contributed by atoms with Gasteiger partial charge in [0, 0.05) is 29.8 Å². The van der Waals surface area contributed by atoms with Crippen LogP contribution in [-0.2, 0) is 16.0 Å². The smallest absolute Gasteiger partial charge is 0.303 e. The second-order valence-corrected chi connectivity index (χ2v) is 8.34. The van der Waals surface area contributed by atoms with E-state index in [0.29, 0.717) is 41.0 Å². The summed E-state index contributed by atoms with van der Waals surface area (Å²) in [5.41, 5.74) is 3.23. The highest BCUT2D eigenvalue weighted by atomic mass is 35.5. The molecule has 0 bridgehead atoms. The lowest BCUT2D eigenvalue weighted by Crippen LogP contribution is -2.29. The number of amides is 1. The zero-order chi connectivity index (χ0) is 23.5. The Labute approximate surface area is 196 Å². The quantitative estimate of drug-likeness (QED) is 0.495. The fourth-order valence-corrected chi connectivity index (χ4v) is 3.86. The topological polar surface area (TPSA) is 106 Å². The molecule has 172 valence electrons. The van der Waals surface area contributed by atoms with Crippen molar-refractivity contribution in [3.63, 3.8) is 0 Å². The van der Waals surface area contributed by atoms with Crippen LogP contribution in [0.3, 0.4) is 0 Å². The van der Waals surface area contributed by atoms with E-state index >= 15 is 0 Å². The van der Waals surface area contributed by atoms with E-state index in [1.54, 1.807) is 17.0 Å². The molecule has 1 aromatic heterocycles. The van der Waals surface area contributed by atoms with Crippen molar-refractivity contribution in [2.75, 3.05) is 11.4 Å². The summed E-state index contributed by atoms with van der Waals surface area (Å²) in [7, 11) is 0. The Hall–Kier alpha value is -3.39.